The number of thiol groups is 1. The highest BCUT2D eigenvalue weighted by atomic mass is 32.1. The number of para-hydroxylation sites is 1. The summed E-state index contributed by atoms with van der Waals surface area (Å²) in [6.07, 6.45) is -0.230. The Morgan fingerprint density at radius 2 is 1.66 bits per heavy atom. The second kappa shape index (κ2) is 12.7. The number of amides is 3. The number of fused-ring (bicyclic) bond motifs is 1. The fourth-order valence-corrected chi connectivity index (χ4v) is 4.34. The number of hydrogen-bond donors (Lipinski definition) is 4. The van der Waals surface area contributed by atoms with Crippen LogP contribution in [0.2, 0.25) is 0 Å². The Balaban J connectivity index is 1.97. The maximum atomic E-state index is 13.8. The molecule has 0 spiro atoms. The van der Waals surface area contributed by atoms with E-state index in [4.69, 9.17) is 4.74 Å². The summed E-state index contributed by atoms with van der Waals surface area (Å²) in [6, 6.07) is 17.5. The van der Waals surface area contributed by atoms with E-state index in [1.54, 1.807) is 45.0 Å². The van der Waals surface area contributed by atoms with Gasteiger partial charge in [0.2, 0.25) is 5.91 Å². The summed E-state index contributed by atoms with van der Waals surface area (Å²) in [5.41, 5.74) is 0.0635. The van der Waals surface area contributed by atoms with Gasteiger partial charge < -0.3 is 25.4 Å². The van der Waals surface area contributed by atoms with Crippen LogP contribution in [0.5, 0.6) is 5.75 Å². The zero-order chi connectivity index (χ0) is 27.9. The van der Waals surface area contributed by atoms with Crippen LogP contribution in [0.25, 0.3) is 10.8 Å². The quantitative estimate of drug-likeness (QED) is 0.278. The molecule has 9 heteroatoms. The van der Waals surface area contributed by atoms with Crippen molar-refractivity contribution in [3.8, 4) is 5.75 Å². The fourth-order valence-electron chi connectivity index (χ4n) is 4.09. The predicted octanol–water partition coefficient (Wildman–Crippen LogP) is 5.29. The Morgan fingerprint density at radius 1 is 1.00 bits per heavy atom. The molecule has 3 aromatic carbocycles. The molecule has 2 unspecified atom stereocenters. The molecule has 8 nitrogen and oxygen atoms in total. The lowest BCUT2D eigenvalue weighted by atomic mass is 10.0. The van der Waals surface area contributed by atoms with E-state index in [1.165, 1.54) is 11.0 Å². The normalized spacial score (nSPS) is 12.9. The first kappa shape index (κ1) is 28.8. The maximum Gasteiger partial charge on any atom is 0.408 e. The minimum Gasteiger partial charge on any atom is -0.508 e. The van der Waals surface area contributed by atoms with Crippen LogP contribution in [-0.2, 0) is 14.3 Å². The van der Waals surface area contributed by atoms with Crippen LogP contribution in [0.4, 0.5) is 10.5 Å². The van der Waals surface area contributed by atoms with E-state index >= 15 is 0 Å². The van der Waals surface area contributed by atoms with Gasteiger partial charge in [0.25, 0.3) is 5.91 Å². The number of benzene rings is 3. The molecule has 0 aliphatic rings. The summed E-state index contributed by atoms with van der Waals surface area (Å²) in [5.74, 6) is -1.16. The highest BCUT2D eigenvalue weighted by Crippen LogP contribution is 2.31. The molecule has 0 aliphatic heterocycles. The number of hydrogen-bond acceptors (Lipinski definition) is 6. The summed E-state index contributed by atoms with van der Waals surface area (Å²) < 4.78 is 5.31. The lowest BCUT2D eigenvalue weighted by Crippen LogP contribution is -2.53. The molecular formula is C29H35N3O5S. The molecule has 0 bridgehead atoms. The predicted molar refractivity (Wildman–Crippen MR) is 152 cm³/mol. The average Bonchev–Trinajstić information content (AvgIpc) is 2.86. The van der Waals surface area contributed by atoms with E-state index in [0.29, 0.717) is 12.1 Å². The maximum absolute atomic E-state index is 13.8. The molecule has 0 saturated carbocycles. The monoisotopic (exact) mass is 537 g/mol. The number of aromatic hydroxyl groups is 1. The van der Waals surface area contributed by atoms with Crippen LogP contribution >= 0.6 is 12.6 Å². The molecule has 3 rings (SSSR count). The van der Waals surface area contributed by atoms with Crippen molar-refractivity contribution in [2.75, 3.05) is 17.6 Å². The summed E-state index contributed by atoms with van der Waals surface area (Å²) in [6.45, 7) is 7.24. The van der Waals surface area contributed by atoms with Crippen LogP contribution in [0, 0.1) is 0 Å². The molecule has 0 aliphatic carbocycles. The first-order valence-electron chi connectivity index (χ1n) is 12.5. The number of alkyl carbamates (subject to hydrolysis) is 1. The molecule has 0 fully saturated rings. The third-order valence-electron chi connectivity index (χ3n) is 5.73. The third-order valence-corrected chi connectivity index (χ3v) is 6.09. The first-order chi connectivity index (χ1) is 18.0. The van der Waals surface area contributed by atoms with E-state index < -0.39 is 35.6 Å². The molecule has 202 valence electrons. The molecule has 3 N–H and O–H groups in total. The number of ether oxygens (including phenoxy) is 1. The number of carbonyl (C=O) groups excluding carboxylic acids is 3. The van der Waals surface area contributed by atoms with Gasteiger partial charge in [-0.05, 0) is 56.2 Å². The van der Waals surface area contributed by atoms with Gasteiger partial charge in [0, 0.05) is 23.5 Å². The second-order valence-electron chi connectivity index (χ2n) is 9.93. The van der Waals surface area contributed by atoms with Crippen molar-refractivity contribution >= 4 is 47.0 Å². The van der Waals surface area contributed by atoms with Crippen molar-refractivity contribution in [1.82, 2.24) is 10.2 Å². The van der Waals surface area contributed by atoms with Crippen molar-refractivity contribution < 1.29 is 24.2 Å². The highest BCUT2D eigenvalue weighted by molar-refractivity contribution is 7.80. The lowest BCUT2D eigenvalue weighted by Gasteiger charge is -2.34. The van der Waals surface area contributed by atoms with Crippen molar-refractivity contribution in [2.24, 2.45) is 0 Å². The molecule has 3 amide bonds. The Hall–Kier alpha value is -3.72. The molecule has 0 heterocycles. The Bertz CT molecular complexity index is 1290. The Labute approximate surface area is 228 Å². The average molecular weight is 538 g/mol. The minimum absolute atomic E-state index is 0.0158. The number of nitrogens with one attached hydrogen (secondary N) is 2. The number of phenols is 1. The van der Waals surface area contributed by atoms with Gasteiger partial charge in [-0.1, -0.05) is 55.5 Å². The van der Waals surface area contributed by atoms with Crippen molar-refractivity contribution in [2.45, 2.75) is 51.8 Å². The third kappa shape index (κ3) is 7.41. The van der Waals surface area contributed by atoms with Gasteiger partial charge in [0.15, 0.2) is 0 Å². The van der Waals surface area contributed by atoms with E-state index in [-0.39, 0.29) is 23.6 Å². The van der Waals surface area contributed by atoms with Crippen molar-refractivity contribution in [1.29, 1.82) is 0 Å². The van der Waals surface area contributed by atoms with Crippen LogP contribution in [0.15, 0.2) is 66.7 Å². The zero-order valence-electron chi connectivity index (χ0n) is 22.1. The van der Waals surface area contributed by atoms with E-state index in [9.17, 15) is 19.5 Å². The van der Waals surface area contributed by atoms with E-state index in [2.05, 4.69) is 23.3 Å². The van der Waals surface area contributed by atoms with Gasteiger partial charge in [-0.15, -0.1) is 0 Å². The van der Waals surface area contributed by atoms with Gasteiger partial charge in [-0.3, -0.25) is 9.59 Å². The molecule has 38 heavy (non-hydrogen) atoms. The van der Waals surface area contributed by atoms with Crippen molar-refractivity contribution in [3.63, 3.8) is 0 Å². The summed E-state index contributed by atoms with van der Waals surface area (Å²) in [4.78, 5) is 41.4. The van der Waals surface area contributed by atoms with Crippen LogP contribution in [0.1, 0.15) is 45.7 Å². The molecular weight excluding hydrogens is 502 g/mol. The van der Waals surface area contributed by atoms with Gasteiger partial charge >= 0.3 is 6.09 Å². The Kier molecular flexibility index (Phi) is 9.63. The SMILES string of the molecule is CCCN(C(=O)C(CS)NC(=O)OC(C)(C)C)C(C(=O)Nc1ccc2ccccc2c1)c1ccccc1O. The number of rotatable bonds is 9. The summed E-state index contributed by atoms with van der Waals surface area (Å²) >= 11 is 4.28. The summed E-state index contributed by atoms with van der Waals surface area (Å²) in [5, 5.41) is 18.1. The summed E-state index contributed by atoms with van der Waals surface area (Å²) in [7, 11) is 0. The van der Waals surface area contributed by atoms with E-state index in [1.807, 2.05) is 43.3 Å². The number of phenolic OH excluding ortho intramolecular Hbond substituents is 1. The van der Waals surface area contributed by atoms with Crippen molar-refractivity contribution in [3.05, 3.63) is 72.3 Å². The van der Waals surface area contributed by atoms with Gasteiger partial charge in [-0.2, -0.15) is 12.6 Å². The first-order valence-corrected chi connectivity index (χ1v) is 13.2. The molecule has 2 atom stereocenters. The molecule has 0 radical (unpaired) electrons. The highest BCUT2D eigenvalue weighted by Gasteiger charge is 2.36. The number of carbonyl (C=O) groups is 3. The number of anilines is 1. The van der Waals surface area contributed by atoms with Crippen LogP contribution < -0.4 is 10.6 Å². The number of nitrogens with zero attached hydrogens (tertiary/aromatic N) is 1. The topological polar surface area (TPSA) is 108 Å². The molecule has 3 aromatic rings. The van der Waals surface area contributed by atoms with Gasteiger partial charge in [-0.25, -0.2) is 4.79 Å². The van der Waals surface area contributed by atoms with Gasteiger partial charge in [0.1, 0.15) is 23.4 Å². The van der Waals surface area contributed by atoms with E-state index in [0.717, 1.165) is 10.8 Å². The van der Waals surface area contributed by atoms with Crippen LogP contribution in [-0.4, -0.2) is 51.9 Å². The largest absolute Gasteiger partial charge is 0.508 e. The standard InChI is InChI=1S/C29H35N3O5S/c1-5-16-32(27(35)23(18-38)31-28(36)37-29(2,3)4)25(22-12-8-9-13-24(22)33)26(34)30-21-15-14-19-10-6-7-11-20(19)17-21/h6-15,17,23,25,33,38H,5,16,18H2,1-4H3,(H,30,34)(H,31,36). The fraction of sp³-hybridized carbons (Fsp3) is 0.345. The van der Waals surface area contributed by atoms with Crippen LogP contribution in [0.3, 0.4) is 0 Å². The van der Waals surface area contributed by atoms with Gasteiger partial charge in [0.05, 0.1) is 0 Å². The lowest BCUT2D eigenvalue weighted by molar-refractivity contribution is -0.140. The second-order valence-corrected chi connectivity index (χ2v) is 10.3. The Morgan fingerprint density at radius 3 is 2.29 bits per heavy atom. The zero-order valence-corrected chi connectivity index (χ0v) is 23.0. The smallest absolute Gasteiger partial charge is 0.408 e. The molecule has 0 aromatic heterocycles. The molecule has 0 saturated heterocycles. The minimum atomic E-state index is -1.17.